The van der Waals surface area contributed by atoms with Gasteiger partial charge in [0.1, 0.15) is 6.29 Å². The number of ether oxygens (including phenoxy) is 2. The first-order valence-electron chi connectivity index (χ1n) is 7.22. The summed E-state index contributed by atoms with van der Waals surface area (Å²) in [6.45, 7) is 3.43. The van der Waals surface area contributed by atoms with E-state index >= 15 is 0 Å². The number of aldehydes is 1. The zero-order valence-corrected chi connectivity index (χ0v) is 13.7. The smallest absolute Gasteiger partial charge is 0.339 e. The summed E-state index contributed by atoms with van der Waals surface area (Å²) in [5.41, 5.74) is -0.986. The largest absolute Gasteiger partial charge is 0.469 e. The van der Waals surface area contributed by atoms with Crippen LogP contribution in [0.1, 0.15) is 29.8 Å². The van der Waals surface area contributed by atoms with E-state index in [9.17, 15) is 19.5 Å². The minimum absolute atomic E-state index is 0.128. The number of esters is 2. The van der Waals surface area contributed by atoms with Gasteiger partial charge in [-0.1, -0.05) is 38.1 Å². The minimum atomic E-state index is -2.06. The SMILES string of the molecule is COC(=O)C(C(C)C)C(O)(Cc1ccc(C=O)cc1)C(=O)OC. The lowest BCUT2D eigenvalue weighted by Gasteiger charge is -2.34. The van der Waals surface area contributed by atoms with Crippen molar-refractivity contribution in [2.45, 2.75) is 25.9 Å². The lowest BCUT2D eigenvalue weighted by Crippen LogP contribution is -2.54. The van der Waals surface area contributed by atoms with E-state index in [4.69, 9.17) is 9.47 Å². The second-order valence-electron chi connectivity index (χ2n) is 5.70. The van der Waals surface area contributed by atoms with Gasteiger partial charge in [0.15, 0.2) is 5.60 Å². The van der Waals surface area contributed by atoms with Crippen LogP contribution in [-0.2, 0) is 25.5 Å². The Bertz CT molecular complexity index is 563. The maximum absolute atomic E-state index is 12.2. The van der Waals surface area contributed by atoms with Crippen molar-refractivity contribution in [1.29, 1.82) is 0 Å². The average molecular weight is 322 g/mol. The Hall–Kier alpha value is -2.21. The number of rotatable bonds is 7. The number of hydrogen-bond acceptors (Lipinski definition) is 6. The van der Waals surface area contributed by atoms with E-state index in [-0.39, 0.29) is 12.3 Å². The number of hydrogen-bond donors (Lipinski definition) is 1. The summed E-state index contributed by atoms with van der Waals surface area (Å²) >= 11 is 0. The van der Waals surface area contributed by atoms with E-state index < -0.39 is 23.5 Å². The lowest BCUT2D eigenvalue weighted by molar-refractivity contribution is -0.181. The Labute approximate surface area is 135 Å². The number of carbonyl (C=O) groups excluding carboxylic acids is 3. The Morgan fingerprint density at radius 2 is 1.74 bits per heavy atom. The van der Waals surface area contributed by atoms with Gasteiger partial charge >= 0.3 is 11.9 Å². The molecule has 0 aromatic heterocycles. The van der Waals surface area contributed by atoms with Gasteiger partial charge in [0, 0.05) is 12.0 Å². The molecule has 0 saturated carbocycles. The van der Waals surface area contributed by atoms with Crippen molar-refractivity contribution >= 4 is 18.2 Å². The van der Waals surface area contributed by atoms with Crippen LogP contribution in [0.3, 0.4) is 0 Å². The third-order valence-electron chi connectivity index (χ3n) is 3.76. The third kappa shape index (κ3) is 4.16. The van der Waals surface area contributed by atoms with Gasteiger partial charge in [0.05, 0.1) is 20.1 Å². The first kappa shape index (κ1) is 18.8. The highest BCUT2D eigenvalue weighted by molar-refractivity contribution is 5.88. The van der Waals surface area contributed by atoms with E-state index in [1.54, 1.807) is 38.1 Å². The van der Waals surface area contributed by atoms with E-state index in [0.717, 1.165) is 7.11 Å². The van der Waals surface area contributed by atoms with Gasteiger partial charge in [-0.3, -0.25) is 9.59 Å². The van der Waals surface area contributed by atoms with Crippen LogP contribution < -0.4 is 0 Å². The molecule has 0 amide bonds. The molecule has 0 fully saturated rings. The molecule has 23 heavy (non-hydrogen) atoms. The topological polar surface area (TPSA) is 89.9 Å². The Morgan fingerprint density at radius 1 is 1.17 bits per heavy atom. The predicted octanol–water partition coefficient (Wildman–Crippen LogP) is 1.39. The molecule has 2 atom stereocenters. The molecule has 6 nitrogen and oxygen atoms in total. The summed E-state index contributed by atoms with van der Waals surface area (Å²) in [5, 5.41) is 10.9. The fraction of sp³-hybridized carbons (Fsp3) is 0.471. The fourth-order valence-electron chi connectivity index (χ4n) is 2.66. The van der Waals surface area contributed by atoms with Crippen LogP contribution in [-0.4, -0.2) is 43.2 Å². The fourth-order valence-corrected chi connectivity index (χ4v) is 2.66. The van der Waals surface area contributed by atoms with Crippen molar-refractivity contribution in [3.63, 3.8) is 0 Å². The molecule has 1 rings (SSSR count). The second-order valence-corrected chi connectivity index (χ2v) is 5.70. The van der Waals surface area contributed by atoms with Crippen LogP contribution in [0.15, 0.2) is 24.3 Å². The molecular weight excluding hydrogens is 300 g/mol. The molecule has 126 valence electrons. The maximum atomic E-state index is 12.2. The van der Waals surface area contributed by atoms with E-state index in [0.29, 0.717) is 17.4 Å². The van der Waals surface area contributed by atoms with Gasteiger partial charge < -0.3 is 14.6 Å². The highest BCUT2D eigenvalue weighted by atomic mass is 16.5. The standard InChI is InChI=1S/C17H22O6/c1-11(2)14(15(19)22-3)17(21,16(20)23-4)9-12-5-7-13(10-18)8-6-12/h5-8,10-11,14,21H,9H2,1-4H3. The molecule has 0 aliphatic rings. The van der Waals surface area contributed by atoms with Crippen LogP contribution in [0.2, 0.25) is 0 Å². The minimum Gasteiger partial charge on any atom is -0.469 e. The zero-order chi connectivity index (χ0) is 17.6. The zero-order valence-electron chi connectivity index (χ0n) is 13.7. The summed E-state index contributed by atoms with van der Waals surface area (Å²) in [5.74, 6) is -3.01. The van der Waals surface area contributed by atoms with Crippen LogP contribution in [0, 0.1) is 11.8 Å². The Balaban J connectivity index is 3.26. The van der Waals surface area contributed by atoms with Crippen molar-refractivity contribution in [3.05, 3.63) is 35.4 Å². The average Bonchev–Trinajstić information content (AvgIpc) is 2.54. The molecule has 0 aliphatic heterocycles. The molecule has 0 heterocycles. The van der Waals surface area contributed by atoms with Crippen LogP contribution in [0.5, 0.6) is 0 Å². The summed E-state index contributed by atoms with van der Waals surface area (Å²) in [6, 6.07) is 6.38. The van der Waals surface area contributed by atoms with E-state index in [2.05, 4.69) is 0 Å². The first-order valence-corrected chi connectivity index (χ1v) is 7.22. The van der Waals surface area contributed by atoms with Gasteiger partial charge in [0.2, 0.25) is 0 Å². The second kappa shape index (κ2) is 7.87. The van der Waals surface area contributed by atoms with Crippen molar-refractivity contribution in [1.82, 2.24) is 0 Å². The van der Waals surface area contributed by atoms with Crippen LogP contribution in [0.4, 0.5) is 0 Å². The highest BCUT2D eigenvalue weighted by Gasteiger charge is 2.51. The summed E-state index contributed by atoms with van der Waals surface area (Å²) in [7, 11) is 2.35. The molecule has 0 spiro atoms. The van der Waals surface area contributed by atoms with E-state index in [1.165, 1.54) is 7.11 Å². The van der Waals surface area contributed by atoms with Crippen molar-refractivity contribution in [2.75, 3.05) is 14.2 Å². The quantitative estimate of drug-likeness (QED) is 0.603. The lowest BCUT2D eigenvalue weighted by atomic mass is 9.76. The number of benzene rings is 1. The Kier molecular flexibility index (Phi) is 6.45. The molecule has 6 heteroatoms. The molecule has 1 N–H and O–H groups in total. The number of aliphatic hydroxyl groups is 1. The summed E-state index contributed by atoms with van der Waals surface area (Å²) < 4.78 is 9.44. The molecular formula is C17H22O6. The molecule has 0 aliphatic carbocycles. The van der Waals surface area contributed by atoms with Gasteiger partial charge in [-0.2, -0.15) is 0 Å². The van der Waals surface area contributed by atoms with Gasteiger partial charge in [-0.25, -0.2) is 4.79 Å². The normalized spacial score (nSPS) is 14.7. The first-order chi connectivity index (χ1) is 10.8. The van der Waals surface area contributed by atoms with Crippen LogP contribution >= 0.6 is 0 Å². The van der Waals surface area contributed by atoms with Gasteiger partial charge in [-0.15, -0.1) is 0 Å². The molecule has 0 saturated heterocycles. The number of carbonyl (C=O) groups is 3. The molecule has 1 aromatic carbocycles. The Morgan fingerprint density at radius 3 is 2.13 bits per heavy atom. The summed E-state index contributed by atoms with van der Waals surface area (Å²) in [4.78, 5) is 35.0. The monoisotopic (exact) mass is 322 g/mol. The predicted molar refractivity (Wildman–Crippen MR) is 82.8 cm³/mol. The van der Waals surface area contributed by atoms with Crippen molar-refractivity contribution in [2.24, 2.45) is 11.8 Å². The van der Waals surface area contributed by atoms with Crippen LogP contribution in [0.25, 0.3) is 0 Å². The number of methoxy groups -OCH3 is 2. The summed E-state index contributed by atoms with van der Waals surface area (Å²) in [6.07, 6.45) is 0.568. The molecule has 0 bridgehead atoms. The maximum Gasteiger partial charge on any atom is 0.339 e. The van der Waals surface area contributed by atoms with Crippen molar-refractivity contribution in [3.8, 4) is 0 Å². The highest BCUT2D eigenvalue weighted by Crippen LogP contribution is 2.31. The van der Waals surface area contributed by atoms with Gasteiger partial charge in [0.25, 0.3) is 0 Å². The van der Waals surface area contributed by atoms with Gasteiger partial charge in [-0.05, 0) is 11.5 Å². The molecule has 0 radical (unpaired) electrons. The van der Waals surface area contributed by atoms with E-state index in [1.807, 2.05) is 0 Å². The van der Waals surface area contributed by atoms with Crippen molar-refractivity contribution < 1.29 is 29.0 Å². The third-order valence-corrected chi connectivity index (χ3v) is 3.76. The molecule has 2 unspecified atom stereocenters. The molecule has 1 aromatic rings.